The van der Waals surface area contributed by atoms with Crippen molar-refractivity contribution in [3.05, 3.63) is 51.8 Å². The molecule has 1 heterocycles. The molecule has 0 spiro atoms. The molecule has 17 heavy (non-hydrogen) atoms. The molecule has 0 aliphatic rings. The number of aromatic nitrogens is 1. The third-order valence-corrected chi connectivity index (χ3v) is 2.14. The van der Waals surface area contributed by atoms with Crippen molar-refractivity contribution in [3.63, 3.8) is 0 Å². The largest absolute Gasteiger partial charge is 0.364 e. The minimum absolute atomic E-state index is 0.174. The minimum atomic E-state index is -0.563. The molecule has 0 radical (unpaired) electrons. The fraction of sp³-hybridized carbons (Fsp3) is 0.0909. The number of aryl methyl sites for hydroxylation is 1. The number of halogens is 2. The molecule has 0 fully saturated rings. The summed E-state index contributed by atoms with van der Waals surface area (Å²) in [4.78, 5) is 10.3. The average Bonchev–Trinajstić information content (AvgIpc) is 2.65. The molecule has 2 rings (SSSR count). The van der Waals surface area contributed by atoms with Crippen molar-refractivity contribution in [2.24, 2.45) is 5.73 Å². The highest BCUT2D eigenvalue weighted by Gasteiger charge is 2.04. The van der Waals surface area contributed by atoms with E-state index in [1.165, 1.54) is 6.07 Å². The molecule has 0 atom stereocenters. The maximum absolute atomic E-state index is 10.3. The summed E-state index contributed by atoms with van der Waals surface area (Å²) in [6, 6.07) is 8.57. The number of carbonyl (C=O) groups is 1. The Kier molecular flexibility index (Phi) is 5.00. The molecule has 0 saturated heterocycles. The highest BCUT2D eigenvalue weighted by Crippen LogP contribution is 2.13. The van der Waals surface area contributed by atoms with Gasteiger partial charge in [-0.15, -0.1) is 0 Å². The number of primary amides is 1. The Bertz CT molecular complexity index is 494. The Morgan fingerprint density at radius 3 is 2.12 bits per heavy atom. The number of nitrogens with zero attached hydrogens (tertiary/aromatic N) is 1. The fourth-order valence-corrected chi connectivity index (χ4v) is 1.38. The molecule has 2 aromatic rings. The van der Waals surface area contributed by atoms with E-state index >= 15 is 0 Å². The molecule has 6 heteroatoms. The summed E-state index contributed by atoms with van der Waals surface area (Å²) < 4.78 is 4.57. The van der Waals surface area contributed by atoms with E-state index in [0.29, 0.717) is 15.8 Å². The molecule has 4 nitrogen and oxygen atoms in total. The van der Waals surface area contributed by atoms with Gasteiger partial charge in [-0.3, -0.25) is 4.79 Å². The van der Waals surface area contributed by atoms with Gasteiger partial charge < -0.3 is 10.3 Å². The molecule has 0 unspecified atom stereocenters. The van der Waals surface area contributed by atoms with E-state index < -0.39 is 5.91 Å². The quantitative estimate of drug-likeness (QED) is 0.868. The van der Waals surface area contributed by atoms with Crippen LogP contribution < -0.4 is 5.73 Å². The summed E-state index contributed by atoms with van der Waals surface area (Å²) in [6.07, 6.45) is 0. The van der Waals surface area contributed by atoms with Gasteiger partial charge in [-0.25, -0.2) is 0 Å². The highest BCUT2D eigenvalue weighted by molar-refractivity contribution is 6.34. The number of rotatable bonds is 1. The van der Waals surface area contributed by atoms with Gasteiger partial charge in [-0.2, -0.15) is 0 Å². The van der Waals surface area contributed by atoms with E-state index in [1.54, 1.807) is 25.1 Å². The third-order valence-electron chi connectivity index (χ3n) is 1.67. The molecule has 2 N–H and O–H groups in total. The van der Waals surface area contributed by atoms with Gasteiger partial charge >= 0.3 is 0 Å². The summed E-state index contributed by atoms with van der Waals surface area (Å²) >= 11 is 11.1. The summed E-state index contributed by atoms with van der Waals surface area (Å²) in [6.45, 7) is 1.69. The first-order valence-electron chi connectivity index (χ1n) is 4.63. The summed E-state index contributed by atoms with van der Waals surface area (Å²) in [5.74, 6) is 0.0238. The molecular weight excluding hydrogens is 263 g/mol. The molecule has 1 aromatic heterocycles. The monoisotopic (exact) mass is 272 g/mol. The van der Waals surface area contributed by atoms with E-state index in [2.05, 4.69) is 9.68 Å². The zero-order chi connectivity index (χ0) is 12.8. The zero-order valence-electron chi connectivity index (χ0n) is 8.98. The standard InChI is InChI=1S/C6H4Cl2.C5H6N2O2/c7-5-2-1-3-6(8)4-5;1-3-2-4(5(6)8)7-9-3/h1-4H;2H,1H3,(H2,6,8). The van der Waals surface area contributed by atoms with Crippen molar-refractivity contribution in [2.45, 2.75) is 6.92 Å². The van der Waals surface area contributed by atoms with Crippen LogP contribution in [0.15, 0.2) is 34.9 Å². The third kappa shape index (κ3) is 4.89. The van der Waals surface area contributed by atoms with Gasteiger partial charge in [0.1, 0.15) is 5.76 Å². The number of amides is 1. The summed E-state index contributed by atoms with van der Waals surface area (Å²) in [5, 5.41) is 4.72. The van der Waals surface area contributed by atoms with Crippen LogP contribution in [-0.4, -0.2) is 11.1 Å². The van der Waals surface area contributed by atoms with Crippen LogP contribution in [0.25, 0.3) is 0 Å². The zero-order valence-corrected chi connectivity index (χ0v) is 10.5. The van der Waals surface area contributed by atoms with Gasteiger partial charge in [0.15, 0.2) is 5.69 Å². The van der Waals surface area contributed by atoms with Crippen molar-refractivity contribution in [1.82, 2.24) is 5.16 Å². The molecule has 0 aliphatic heterocycles. The van der Waals surface area contributed by atoms with E-state index in [9.17, 15) is 4.79 Å². The van der Waals surface area contributed by atoms with Crippen LogP contribution in [0.2, 0.25) is 10.0 Å². The molecular formula is C11H10Cl2N2O2. The van der Waals surface area contributed by atoms with Gasteiger partial charge in [-0.1, -0.05) is 34.4 Å². The van der Waals surface area contributed by atoms with Crippen molar-refractivity contribution < 1.29 is 9.32 Å². The van der Waals surface area contributed by atoms with Crippen molar-refractivity contribution in [3.8, 4) is 0 Å². The Morgan fingerprint density at radius 1 is 1.29 bits per heavy atom. The van der Waals surface area contributed by atoms with E-state index in [0.717, 1.165) is 0 Å². The number of hydrogen-bond donors (Lipinski definition) is 1. The Morgan fingerprint density at radius 2 is 1.88 bits per heavy atom. The van der Waals surface area contributed by atoms with Gasteiger partial charge in [0.05, 0.1) is 0 Å². The predicted octanol–water partition coefficient (Wildman–Crippen LogP) is 3.08. The second kappa shape index (κ2) is 6.27. The van der Waals surface area contributed by atoms with Crippen LogP contribution in [0.4, 0.5) is 0 Å². The van der Waals surface area contributed by atoms with Gasteiger partial charge in [-0.05, 0) is 25.1 Å². The molecule has 0 aliphatic carbocycles. The van der Waals surface area contributed by atoms with Crippen molar-refractivity contribution in [2.75, 3.05) is 0 Å². The van der Waals surface area contributed by atoms with E-state index in [1.807, 2.05) is 6.07 Å². The van der Waals surface area contributed by atoms with E-state index in [4.69, 9.17) is 28.9 Å². The van der Waals surface area contributed by atoms with Crippen LogP contribution in [-0.2, 0) is 0 Å². The number of nitrogens with two attached hydrogens (primary N) is 1. The van der Waals surface area contributed by atoms with Crippen LogP contribution in [0.5, 0.6) is 0 Å². The lowest BCUT2D eigenvalue weighted by atomic mass is 10.4. The lowest BCUT2D eigenvalue weighted by Crippen LogP contribution is -2.10. The van der Waals surface area contributed by atoms with Crippen LogP contribution in [0, 0.1) is 6.92 Å². The number of carbonyl (C=O) groups excluding carboxylic acids is 1. The normalized spacial score (nSPS) is 9.35. The minimum Gasteiger partial charge on any atom is -0.364 e. The first-order valence-corrected chi connectivity index (χ1v) is 5.39. The predicted molar refractivity (Wildman–Crippen MR) is 66.2 cm³/mol. The van der Waals surface area contributed by atoms with Gasteiger partial charge in [0, 0.05) is 16.1 Å². The first kappa shape index (κ1) is 13.5. The Balaban J connectivity index is 0.000000171. The van der Waals surface area contributed by atoms with Crippen LogP contribution in [0.3, 0.4) is 0 Å². The number of benzene rings is 1. The maximum atomic E-state index is 10.3. The van der Waals surface area contributed by atoms with Crippen molar-refractivity contribution in [1.29, 1.82) is 0 Å². The molecule has 0 bridgehead atoms. The van der Waals surface area contributed by atoms with E-state index in [-0.39, 0.29) is 5.69 Å². The highest BCUT2D eigenvalue weighted by atomic mass is 35.5. The summed E-state index contributed by atoms with van der Waals surface area (Å²) in [7, 11) is 0. The van der Waals surface area contributed by atoms with Crippen molar-refractivity contribution >= 4 is 29.1 Å². The molecule has 1 aromatic carbocycles. The van der Waals surface area contributed by atoms with Crippen LogP contribution in [0.1, 0.15) is 16.2 Å². The Labute approximate surface area is 108 Å². The Hall–Kier alpha value is -1.52. The second-order valence-corrected chi connectivity index (χ2v) is 4.00. The molecule has 1 amide bonds. The fourth-order valence-electron chi connectivity index (χ4n) is 0.942. The average molecular weight is 273 g/mol. The number of hydrogen-bond acceptors (Lipinski definition) is 3. The van der Waals surface area contributed by atoms with Gasteiger partial charge in [0.2, 0.25) is 0 Å². The molecule has 0 saturated carbocycles. The second-order valence-electron chi connectivity index (χ2n) is 3.13. The SMILES string of the molecule is Cc1cc(C(N)=O)no1.Clc1cccc(Cl)c1. The maximum Gasteiger partial charge on any atom is 0.270 e. The smallest absolute Gasteiger partial charge is 0.270 e. The summed E-state index contributed by atoms with van der Waals surface area (Å²) in [5.41, 5.74) is 5.04. The topological polar surface area (TPSA) is 69.1 Å². The van der Waals surface area contributed by atoms with Crippen LogP contribution >= 0.6 is 23.2 Å². The lowest BCUT2D eigenvalue weighted by molar-refractivity contribution is 0.0991. The molecule has 90 valence electrons. The lowest BCUT2D eigenvalue weighted by Gasteiger charge is -1.86. The van der Waals surface area contributed by atoms with Gasteiger partial charge in [0.25, 0.3) is 5.91 Å². The first-order chi connectivity index (χ1) is 7.99.